The van der Waals surface area contributed by atoms with Gasteiger partial charge in [0.15, 0.2) is 0 Å². The lowest BCUT2D eigenvalue weighted by Gasteiger charge is -2.45. The Hall–Kier alpha value is -0.0800. The van der Waals surface area contributed by atoms with Crippen LogP contribution in [0, 0.1) is 17.8 Å². The summed E-state index contributed by atoms with van der Waals surface area (Å²) in [7, 11) is 2.38. The van der Waals surface area contributed by atoms with Gasteiger partial charge in [-0.2, -0.15) is 0 Å². The molecule has 0 amide bonds. The molecule has 0 bridgehead atoms. The van der Waals surface area contributed by atoms with Gasteiger partial charge >= 0.3 is 0 Å². The van der Waals surface area contributed by atoms with Gasteiger partial charge in [0.1, 0.15) is 0 Å². The minimum absolute atomic E-state index is 0.714. The topological polar surface area (TPSA) is 15.3 Å². The largest absolute Gasteiger partial charge is 0.313 e. The van der Waals surface area contributed by atoms with Gasteiger partial charge in [0, 0.05) is 18.1 Å². The van der Waals surface area contributed by atoms with Crippen LogP contribution in [0.5, 0.6) is 0 Å². The van der Waals surface area contributed by atoms with Crippen LogP contribution in [0.4, 0.5) is 0 Å². The molecule has 0 aromatic rings. The molecule has 4 atom stereocenters. The normalized spacial score (nSPS) is 33.9. The molecule has 0 radical (unpaired) electrons. The van der Waals surface area contributed by atoms with Crippen molar-refractivity contribution in [2.45, 2.75) is 77.9 Å². The van der Waals surface area contributed by atoms with Crippen LogP contribution < -0.4 is 5.32 Å². The Morgan fingerprint density at radius 2 is 1.68 bits per heavy atom. The third-order valence-corrected chi connectivity index (χ3v) is 5.74. The Labute approximate surface area is 120 Å². The smallest absolute Gasteiger partial charge is 0.0251 e. The van der Waals surface area contributed by atoms with Crippen molar-refractivity contribution in [1.29, 1.82) is 0 Å². The maximum atomic E-state index is 3.75. The van der Waals surface area contributed by atoms with Crippen LogP contribution in [-0.4, -0.2) is 36.6 Å². The first-order valence-corrected chi connectivity index (χ1v) is 8.49. The van der Waals surface area contributed by atoms with E-state index in [-0.39, 0.29) is 0 Å². The van der Waals surface area contributed by atoms with Crippen molar-refractivity contribution in [3.63, 3.8) is 0 Å². The first-order valence-electron chi connectivity index (χ1n) is 8.49. The standard InChI is InChI=1S/C17H34N2/c1-6-18-16-10-9-15(12(2)3)11-17(16)19(5)13(4)14-7-8-14/h12-18H,6-11H2,1-5H3. The van der Waals surface area contributed by atoms with Crippen molar-refractivity contribution in [2.24, 2.45) is 17.8 Å². The summed E-state index contributed by atoms with van der Waals surface area (Å²) < 4.78 is 0. The molecule has 2 aliphatic carbocycles. The van der Waals surface area contributed by atoms with Gasteiger partial charge in [0.05, 0.1) is 0 Å². The lowest BCUT2D eigenvalue weighted by Crippen LogP contribution is -2.55. The van der Waals surface area contributed by atoms with Gasteiger partial charge in [-0.15, -0.1) is 0 Å². The van der Waals surface area contributed by atoms with Crippen molar-refractivity contribution in [1.82, 2.24) is 10.2 Å². The van der Waals surface area contributed by atoms with Crippen LogP contribution in [0.2, 0.25) is 0 Å². The van der Waals surface area contributed by atoms with E-state index in [1.54, 1.807) is 0 Å². The second-order valence-corrected chi connectivity index (χ2v) is 7.29. The van der Waals surface area contributed by atoms with Crippen molar-refractivity contribution >= 4 is 0 Å². The fraction of sp³-hybridized carbons (Fsp3) is 1.00. The monoisotopic (exact) mass is 266 g/mol. The molecule has 0 aromatic heterocycles. The molecule has 0 aromatic carbocycles. The van der Waals surface area contributed by atoms with E-state index in [0.717, 1.165) is 36.4 Å². The van der Waals surface area contributed by atoms with E-state index in [1.165, 1.54) is 32.1 Å². The molecule has 2 nitrogen and oxygen atoms in total. The fourth-order valence-corrected chi connectivity index (χ4v) is 3.95. The number of hydrogen-bond acceptors (Lipinski definition) is 2. The lowest BCUT2D eigenvalue weighted by molar-refractivity contribution is 0.0702. The van der Waals surface area contributed by atoms with E-state index in [9.17, 15) is 0 Å². The van der Waals surface area contributed by atoms with Crippen LogP contribution in [-0.2, 0) is 0 Å². The molecule has 112 valence electrons. The van der Waals surface area contributed by atoms with E-state index in [0.29, 0.717) is 6.04 Å². The van der Waals surface area contributed by atoms with Gasteiger partial charge in [0.25, 0.3) is 0 Å². The molecule has 0 heterocycles. The SMILES string of the molecule is CCNC1CCC(C(C)C)CC1N(C)C(C)C1CC1. The minimum atomic E-state index is 0.714. The van der Waals surface area contributed by atoms with Crippen molar-refractivity contribution in [2.75, 3.05) is 13.6 Å². The number of rotatable bonds is 6. The summed E-state index contributed by atoms with van der Waals surface area (Å²) in [6.45, 7) is 10.6. The van der Waals surface area contributed by atoms with Crippen LogP contribution >= 0.6 is 0 Å². The average molecular weight is 266 g/mol. The summed E-state index contributed by atoms with van der Waals surface area (Å²) in [6.07, 6.45) is 7.08. The molecule has 2 heteroatoms. The van der Waals surface area contributed by atoms with Crippen LogP contribution in [0.3, 0.4) is 0 Å². The number of likely N-dealkylation sites (N-methyl/N-ethyl adjacent to an activating group) is 2. The maximum Gasteiger partial charge on any atom is 0.0251 e. The highest BCUT2D eigenvalue weighted by Crippen LogP contribution is 2.38. The fourth-order valence-electron chi connectivity index (χ4n) is 3.95. The number of nitrogens with zero attached hydrogens (tertiary/aromatic N) is 1. The molecule has 0 spiro atoms. The van der Waals surface area contributed by atoms with Gasteiger partial charge < -0.3 is 5.32 Å². The lowest BCUT2D eigenvalue weighted by atomic mass is 9.76. The second kappa shape index (κ2) is 6.58. The molecule has 0 aliphatic heterocycles. The van der Waals surface area contributed by atoms with Crippen molar-refractivity contribution < 1.29 is 0 Å². The van der Waals surface area contributed by atoms with Crippen LogP contribution in [0.1, 0.15) is 59.8 Å². The van der Waals surface area contributed by atoms with Crippen LogP contribution in [0.25, 0.3) is 0 Å². The molecule has 4 unspecified atom stereocenters. The third-order valence-electron chi connectivity index (χ3n) is 5.74. The summed E-state index contributed by atoms with van der Waals surface area (Å²) in [5.74, 6) is 2.75. The van der Waals surface area contributed by atoms with Gasteiger partial charge in [0.2, 0.25) is 0 Å². The maximum absolute atomic E-state index is 3.75. The van der Waals surface area contributed by atoms with E-state index in [2.05, 4.69) is 45.0 Å². The molecule has 2 aliphatic rings. The molecule has 2 rings (SSSR count). The zero-order valence-electron chi connectivity index (χ0n) is 13.7. The third kappa shape index (κ3) is 3.72. The average Bonchev–Trinajstić information content (AvgIpc) is 3.22. The summed E-state index contributed by atoms with van der Waals surface area (Å²) in [5.41, 5.74) is 0. The van der Waals surface area contributed by atoms with Gasteiger partial charge in [-0.25, -0.2) is 0 Å². The molecule has 19 heavy (non-hydrogen) atoms. The molecular weight excluding hydrogens is 232 g/mol. The molecule has 1 N–H and O–H groups in total. The zero-order chi connectivity index (χ0) is 14.0. The van der Waals surface area contributed by atoms with Gasteiger partial charge in [-0.1, -0.05) is 20.8 Å². The van der Waals surface area contributed by atoms with E-state index in [1.807, 2.05) is 0 Å². The Bertz CT molecular complexity index is 272. The number of hydrogen-bond donors (Lipinski definition) is 1. The Balaban J connectivity index is 2.01. The predicted molar refractivity (Wildman–Crippen MR) is 83.4 cm³/mol. The Kier molecular flexibility index (Phi) is 5.30. The first kappa shape index (κ1) is 15.3. The van der Waals surface area contributed by atoms with Gasteiger partial charge in [-0.05, 0) is 70.4 Å². The van der Waals surface area contributed by atoms with Crippen molar-refractivity contribution in [3.8, 4) is 0 Å². The molecule has 2 fully saturated rings. The summed E-state index contributed by atoms with van der Waals surface area (Å²) in [6, 6.07) is 2.24. The van der Waals surface area contributed by atoms with E-state index >= 15 is 0 Å². The van der Waals surface area contributed by atoms with E-state index in [4.69, 9.17) is 0 Å². The highest BCUT2D eigenvalue weighted by Gasteiger charge is 2.39. The van der Waals surface area contributed by atoms with E-state index < -0.39 is 0 Å². The Morgan fingerprint density at radius 1 is 1.05 bits per heavy atom. The van der Waals surface area contributed by atoms with Crippen LogP contribution in [0.15, 0.2) is 0 Å². The predicted octanol–water partition coefficient (Wildman–Crippen LogP) is 3.52. The second-order valence-electron chi connectivity index (χ2n) is 7.29. The highest BCUT2D eigenvalue weighted by molar-refractivity contribution is 4.95. The van der Waals surface area contributed by atoms with Crippen molar-refractivity contribution in [3.05, 3.63) is 0 Å². The highest BCUT2D eigenvalue weighted by atomic mass is 15.2. The summed E-state index contributed by atoms with van der Waals surface area (Å²) >= 11 is 0. The summed E-state index contributed by atoms with van der Waals surface area (Å²) in [5, 5.41) is 3.75. The zero-order valence-corrected chi connectivity index (χ0v) is 13.7. The molecular formula is C17H34N2. The quantitative estimate of drug-likeness (QED) is 0.791. The minimum Gasteiger partial charge on any atom is -0.313 e. The first-order chi connectivity index (χ1) is 9.04. The summed E-state index contributed by atoms with van der Waals surface area (Å²) in [4.78, 5) is 2.71. The van der Waals surface area contributed by atoms with Gasteiger partial charge in [-0.3, -0.25) is 4.90 Å². The molecule has 0 saturated heterocycles. The Morgan fingerprint density at radius 3 is 2.21 bits per heavy atom. The molecule has 2 saturated carbocycles. The number of nitrogens with one attached hydrogen (secondary N) is 1.